The first-order valence-electron chi connectivity index (χ1n) is 7.32. The van der Waals surface area contributed by atoms with Crippen molar-refractivity contribution in [3.63, 3.8) is 0 Å². The average Bonchev–Trinajstić information content (AvgIpc) is 2.59. The first-order chi connectivity index (χ1) is 11.2. The topological polar surface area (TPSA) is 42.8 Å². The van der Waals surface area contributed by atoms with E-state index in [4.69, 9.17) is 9.47 Å². The molecule has 0 fully saturated rings. The van der Waals surface area contributed by atoms with E-state index in [-0.39, 0.29) is 5.75 Å². The zero-order chi connectivity index (χ0) is 16.0. The van der Waals surface area contributed by atoms with Gasteiger partial charge in [-0.25, -0.2) is 0 Å². The molecule has 4 nitrogen and oxygen atoms in total. The molecule has 23 heavy (non-hydrogen) atoms. The molecule has 0 bridgehead atoms. The van der Waals surface area contributed by atoms with Crippen molar-refractivity contribution in [2.24, 2.45) is 0 Å². The number of nitrogens with zero attached hydrogens (tertiary/aromatic N) is 1. The maximum absolute atomic E-state index is 10.2. The van der Waals surface area contributed by atoms with Crippen LogP contribution in [-0.4, -0.2) is 19.3 Å². The van der Waals surface area contributed by atoms with Crippen LogP contribution in [0.4, 0.5) is 0 Å². The fourth-order valence-corrected chi connectivity index (χ4v) is 2.97. The Labute approximate surface area is 133 Å². The van der Waals surface area contributed by atoms with E-state index in [1.54, 1.807) is 20.3 Å². The largest absolute Gasteiger partial charge is 0.507 e. The lowest BCUT2D eigenvalue weighted by atomic mass is 10.1. The summed E-state index contributed by atoms with van der Waals surface area (Å²) in [5, 5.41) is 14.2. The molecule has 0 radical (unpaired) electrons. The zero-order valence-corrected chi connectivity index (χ0v) is 12.9. The highest BCUT2D eigenvalue weighted by molar-refractivity contribution is 5.99. The summed E-state index contributed by atoms with van der Waals surface area (Å²) in [5.41, 5.74) is 1.04. The number of ether oxygens (including phenoxy) is 2. The Kier molecular flexibility index (Phi) is 2.98. The van der Waals surface area contributed by atoms with Gasteiger partial charge in [0.2, 0.25) is 5.52 Å². The van der Waals surface area contributed by atoms with Crippen LogP contribution < -0.4 is 13.9 Å². The highest BCUT2D eigenvalue weighted by Crippen LogP contribution is 2.31. The third kappa shape index (κ3) is 2.11. The van der Waals surface area contributed by atoms with Crippen molar-refractivity contribution in [1.29, 1.82) is 0 Å². The molecule has 4 heteroatoms. The second-order valence-electron chi connectivity index (χ2n) is 5.48. The number of aromatic nitrogens is 1. The average molecular weight is 306 g/mol. The van der Waals surface area contributed by atoms with Crippen LogP contribution in [0.5, 0.6) is 17.2 Å². The summed E-state index contributed by atoms with van der Waals surface area (Å²) in [6, 6.07) is 13.7. The number of hydrogen-bond donors (Lipinski definition) is 1. The monoisotopic (exact) mass is 306 g/mol. The van der Waals surface area contributed by atoms with Gasteiger partial charge in [-0.3, -0.25) is 0 Å². The van der Waals surface area contributed by atoms with Gasteiger partial charge in [0.25, 0.3) is 0 Å². The lowest BCUT2D eigenvalue weighted by Gasteiger charge is -2.06. The first-order valence-corrected chi connectivity index (χ1v) is 7.32. The van der Waals surface area contributed by atoms with Crippen molar-refractivity contribution in [3.05, 3.63) is 54.9 Å². The third-order valence-corrected chi connectivity index (χ3v) is 4.19. The maximum atomic E-state index is 10.2. The van der Waals surface area contributed by atoms with E-state index in [9.17, 15) is 5.11 Å². The van der Waals surface area contributed by atoms with Gasteiger partial charge in [-0.2, -0.15) is 4.40 Å². The molecule has 0 atom stereocenters. The van der Waals surface area contributed by atoms with E-state index < -0.39 is 0 Å². The van der Waals surface area contributed by atoms with Gasteiger partial charge in [-0.05, 0) is 23.6 Å². The Hall–Kier alpha value is -3.01. The molecule has 0 saturated heterocycles. The molecule has 2 heterocycles. The quantitative estimate of drug-likeness (QED) is 0.350. The van der Waals surface area contributed by atoms with Gasteiger partial charge < -0.3 is 14.6 Å². The molecule has 0 aliphatic rings. The SMILES string of the molecule is COc1cc(O)c2c[n+]3ccc4ccc(OC)cc4c3cc2c1. The fraction of sp³-hybridized carbons (Fsp3) is 0.105. The number of aromatic hydroxyl groups is 1. The number of hydrogen-bond acceptors (Lipinski definition) is 3. The highest BCUT2D eigenvalue weighted by Gasteiger charge is 2.14. The van der Waals surface area contributed by atoms with Crippen molar-refractivity contribution in [2.75, 3.05) is 14.2 Å². The van der Waals surface area contributed by atoms with E-state index in [2.05, 4.69) is 6.07 Å². The van der Waals surface area contributed by atoms with Gasteiger partial charge in [-0.15, -0.1) is 0 Å². The van der Waals surface area contributed by atoms with Gasteiger partial charge in [0.1, 0.15) is 17.2 Å². The van der Waals surface area contributed by atoms with E-state index in [1.807, 2.05) is 47.1 Å². The molecule has 4 rings (SSSR count). The van der Waals surface area contributed by atoms with Crippen molar-refractivity contribution in [3.8, 4) is 17.2 Å². The summed E-state index contributed by atoms with van der Waals surface area (Å²) in [4.78, 5) is 0. The smallest absolute Gasteiger partial charge is 0.219 e. The van der Waals surface area contributed by atoms with Crippen molar-refractivity contribution in [1.82, 2.24) is 0 Å². The number of fused-ring (bicyclic) bond motifs is 4. The number of phenols is 1. The Balaban J connectivity index is 2.14. The molecule has 4 aromatic rings. The van der Waals surface area contributed by atoms with E-state index in [0.29, 0.717) is 5.75 Å². The summed E-state index contributed by atoms with van der Waals surface area (Å²) in [6.07, 6.45) is 3.92. The van der Waals surface area contributed by atoms with Crippen LogP contribution in [0.15, 0.2) is 54.9 Å². The van der Waals surface area contributed by atoms with Crippen molar-refractivity contribution in [2.45, 2.75) is 0 Å². The molecular formula is C19H16NO3+. The molecule has 0 unspecified atom stereocenters. The number of rotatable bonds is 2. The highest BCUT2D eigenvalue weighted by atomic mass is 16.5. The zero-order valence-electron chi connectivity index (χ0n) is 12.9. The summed E-state index contributed by atoms with van der Waals surface area (Å²) in [6.45, 7) is 0. The summed E-state index contributed by atoms with van der Waals surface area (Å²) >= 11 is 0. The van der Waals surface area contributed by atoms with Gasteiger partial charge in [0, 0.05) is 23.6 Å². The number of benzene rings is 2. The summed E-state index contributed by atoms with van der Waals surface area (Å²) < 4.78 is 12.6. The van der Waals surface area contributed by atoms with E-state index in [1.165, 1.54) is 0 Å². The minimum absolute atomic E-state index is 0.208. The fourth-order valence-electron chi connectivity index (χ4n) is 2.97. The first kappa shape index (κ1) is 13.6. The Bertz CT molecular complexity index is 1060. The normalized spacial score (nSPS) is 11.2. The molecule has 2 aromatic heterocycles. The van der Waals surface area contributed by atoms with E-state index >= 15 is 0 Å². The second-order valence-corrected chi connectivity index (χ2v) is 5.48. The Morgan fingerprint density at radius 1 is 0.826 bits per heavy atom. The molecule has 1 N–H and O–H groups in total. The summed E-state index contributed by atoms with van der Waals surface area (Å²) in [5.74, 6) is 1.66. The number of pyridine rings is 2. The molecule has 0 aliphatic carbocycles. The lowest BCUT2D eigenvalue weighted by Crippen LogP contribution is -2.20. The van der Waals surface area contributed by atoms with Crippen molar-refractivity contribution >= 4 is 27.1 Å². The number of phenolic OH excluding ortho intramolecular Hbond substituents is 1. The third-order valence-electron chi connectivity index (χ3n) is 4.19. The molecular weight excluding hydrogens is 290 g/mol. The molecule has 0 saturated carbocycles. The Morgan fingerprint density at radius 3 is 2.43 bits per heavy atom. The van der Waals surface area contributed by atoms with Crippen LogP contribution in [0.3, 0.4) is 0 Å². The van der Waals surface area contributed by atoms with Crippen LogP contribution in [0, 0.1) is 0 Å². The minimum atomic E-state index is 0.208. The van der Waals surface area contributed by atoms with E-state index in [0.717, 1.165) is 32.8 Å². The van der Waals surface area contributed by atoms with Gasteiger partial charge >= 0.3 is 0 Å². The molecule has 0 aliphatic heterocycles. The van der Waals surface area contributed by atoms with Gasteiger partial charge in [0.15, 0.2) is 12.4 Å². The van der Waals surface area contributed by atoms with Crippen LogP contribution in [0.25, 0.3) is 27.1 Å². The maximum Gasteiger partial charge on any atom is 0.219 e. The molecule has 0 amide bonds. The Morgan fingerprint density at radius 2 is 1.65 bits per heavy atom. The van der Waals surface area contributed by atoms with Crippen LogP contribution in [-0.2, 0) is 0 Å². The predicted octanol–water partition coefficient (Wildman–Crippen LogP) is 3.45. The van der Waals surface area contributed by atoms with Crippen LogP contribution >= 0.6 is 0 Å². The molecule has 0 spiro atoms. The summed E-state index contributed by atoms with van der Waals surface area (Å²) in [7, 11) is 3.26. The molecule has 114 valence electrons. The van der Waals surface area contributed by atoms with Crippen LogP contribution in [0.2, 0.25) is 0 Å². The van der Waals surface area contributed by atoms with Crippen molar-refractivity contribution < 1.29 is 19.0 Å². The second kappa shape index (κ2) is 5.02. The van der Waals surface area contributed by atoms with Gasteiger partial charge in [-0.1, -0.05) is 6.07 Å². The molecule has 2 aromatic carbocycles. The predicted molar refractivity (Wildman–Crippen MR) is 89.4 cm³/mol. The lowest BCUT2D eigenvalue weighted by molar-refractivity contribution is -0.509. The standard InChI is InChI=1S/C19H15NO3/c1-22-14-4-3-12-5-6-20-11-17-13(8-18(20)16(12)9-14)7-15(23-2)10-19(17)21/h3-11H,1-2H3/p+1. The van der Waals surface area contributed by atoms with Crippen LogP contribution in [0.1, 0.15) is 0 Å². The minimum Gasteiger partial charge on any atom is -0.507 e. The number of methoxy groups -OCH3 is 2. The van der Waals surface area contributed by atoms with Gasteiger partial charge in [0.05, 0.1) is 25.0 Å².